The Kier molecular flexibility index (Phi) is 3.98. The maximum Gasteiger partial charge on any atom is 0.118 e. The molecular formula is C18H26O3. The molecule has 2 aliphatic rings. The van der Waals surface area contributed by atoms with E-state index in [2.05, 4.69) is 0 Å². The van der Waals surface area contributed by atoms with Gasteiger partial charge in [0.05, 0.1) is 18.3 Å². The molecule has 116 valence electrons. The van der Waals surface area contributed by atoms with Gasteiger partial charge in [-0.2, -0.15) is 0 Å². The maximum absolute atomic E-state index is 11.1. The van der Waals surface area contributed by atoms with Gasteiger partial charge in [0.25, 0.3) is 0 Å². The SMILES string of the molecule is COc1ccc(C(C)(O)C2CCOC3(CCCC3)C2)cc1. The van der Waals surface area contributed by atoms with Crippen molar-refractivity contribution in [2.24, 2.45) is 5.92 Å². The molecule has 0 bridgehead atoms. The zero-order chi connectivity index (χ0) is 14.9. The van der Waals surface area contributed by atoms with Crippen LogP contribution in [0.25, 0.3) is 0 Å². The summed E-state index contributed by atoms with van der Waals surface area (Å²) in [5.74, 6) is 1.09. The quantitative estimate of drug-likeness (QED) is 0.923. The first-order chi connectivity index (χ1) is 10.1. The molecule has 1 N–H and O–H groups in total. The van der Waals surface area contributed by atoms with Crippen molar-refractivity contribution >= 4 is 0 Å². The van der Waals surface area contributed by atoms with Gasteiger partial charge in [-0.3, -0.25) is 0 Å². The third-order valence-corrected chi connectivity index (χ3v) is 5.48. The monoisotopic (exact) mass is 290 g/mol. The molecule has 1 aromatic carbocycles. The van der Waals surface area contributed by atoms with Crippen LogP contribution in [0, 0.1) is 5.92 Å². The fourth-order valence-corrected chi connectivity index (χ4v) is 4.04. The van der Waals surface area contributed by atoms with Gasteiger partial charge in [0.15, 0.2) is 0 Å². The van der Waals surface area contributed by atoms with E-state index in [1.165, 1.54) is 12.8 Å². The van der Waals surface area contributed by atoms with E-state index >= 15 is 0 Å². The predicted molar refractivity (Wildman–Crippen MR) is 82.4 cm³/mol. The van der Waals surface area contributed by atoms with Crippen molar-refractivity contribution in [1.82, 2.24) is 0 Å². The maximum atomic E-state index is 11.1. The molecule has 21 heavy (non-hydrogen) atoms. The van der Waals surface area contributed by atoms with Gasteiger partial charge in [-0.25, -0.2) is 0 Å². The molecule has 1 aliphatic heterocycles. The van der Waals surface area contributed by atoms with E-state index in [-0.39, 0.29) is 11.5 Å². The van der Waals surface area contributed by atoms with Crippen LogP contribution in [0.15, 0.2) is 24.3 Å². The molecule has 1 aliphatic carbocycles. The highest BCUT2D eigenvalue weighted by Crippen LogP contribution is 2.47. The summed E-state index contributed by atoms with van der Waals surface area (Å²) < 4.78 is 11.3. The zero-order valence-electron chi connectivity index (χ0n) is 13.1. The molecular weight excluding hydrogens is 264 g/mol. The fraction of sp³-hybridized carbons (Fsp3) is 0.667. The lowest BCUT2D eigenvalue weighted by atomic mass is 9.73. The van der Waals surface area contributed by atoms with Crippen LogP contribution in [0.4, 0.5) is 0 Å². The molecule has 3 heteroatoms. The van der Waals surface area contributed by atoms with Crippen LogP contribution in [0.1, 0.15) is 51.0 Å². The highest BCUT2D eigenvalue weighted by Gasteiger charge is 2.45. The second kappa shape index (κ2) is 5.62. The van der Waals surface area contributed by atoms with Gasteiger partial charge >= 0.3 is 0 Å². The van der Waals surface area contributed by atoms with Gasteiger partial charge in [-0.1, -0.05) is 25.0 Å². The molecule has 3 nitrogen and oxygen atoms in total. The lowest BCUT2D eigenvalue weighted by molar-refractivity contribution is -0.138. The molecule has 0 amide bonds. The Morgan fingerprint density at radius 2 is 1.90 bits per heavy atom. The highest BCUT2D eigenvalue weighted by molar-refractivity contribution is 5.31. The van der Waals surface area contributed by atoms with Crippen LogP contribution in [-0.4, -0.2) is 24.4 Å². The van der Waals surface area contributed by atoms with Gasteiger partial charge in [-0.15, -0.1) is 0 Å². The summed E-state index contributed by atoms with van der Waals surface area (Å²) in [6, 6.07) is 7.81. The second-order valence-corrected chi connectivity index (χ2v) is 6.80. The number of aliphatic hydroxyl groups is 1. The number of rotatable bonds is 3. The third-order valence-electron chi connectivity index (χ3n) is 5.48. The molecule has 2 fully saturated rings. The van der Waals surface area contributed by atoms with Crippen LogP contribution < -0.4 is 4.74 Å². The van der Waals surface area contributed by atoms with Gasteiger partial charge in [0.1, 0.15) is 5.75 Å². The molecule has 1 heterocycles. The smallest absolute Gasteiger partial charge is 0.118 e. The van der Waals surface area contributed by atoms with Crippen LogP contribution in [0.3, 0.4) is 0 Å². The van der Waals surface area contributed by atoms with Crippen molar-refractivity contribution in [2.45, 2.75) is 56.7 Å². The highest BCUT2D eigenvalue weighted by atomic mass is 16.5. The van der Waals surface area contributed by atoms with Crippen LogP contribution in [0.2, 0.25) is 0 Å². The number of ether oxygens (including phenoxy) is 2. The molecule has 1 spiro atoms. The van der Waals surface area contributed by atoms with E-state index in [0.717, 1.165) is 43.6 Å². The Labute approximate surface area is 127 Å². The number of methoxy groups -OCH3 is 1. The van der Waals surface area contributed by atoms with Crippen LogP contribution >= 0.6 is 0 Å². The first-order valence-corrected chi connectivity index (χ1v) is 8.07. The molecule has 3 rings (SSSR count). The number of benzene rings is 1. The van der Waals surface area contributed by atoms with E-state index < -0.39 is 5.60 Å². The molecule has 2 atom stereocenters. The lowest BCUT2D eigenvalue weighted by Gasteiger charge is -2.44. The van der Waals surface area contributed by atoms with E-state index in [1.807, 2.05) is 31.2 Å². The summed E-state index contributed by atoms with van der Waals surface area (Å²) in [6.07, 6.45) is 6.74. The van der Waals surface area contributed by atoms with E-state index in [0.29, 0.717) is 0 Å². The molecule has 1 saturated carbocycles. The van der Waals surface area contributed by atoms with Crippen molar-refractivity contribution in [3.8, 4) is 5.75 Å². The lowest BCUT2D eigenvalue weighted by Crippen LogP contribution is -2.44. The predicted octanol–water partition coefficient (Wildman–Crippen LogP) is 3.64. The largest absolute Gasteiger partial charge is 0.497 e. The number of hydrogen-bond donors (Lipinski definition) is 1. The summed E-state index contributed by atoms with van der Waals surface area (Å²) in [5.41, 5.74) is 0.216. The van der Waals surface area contributed by atoms with Crippen LogP contribution in [0.5, 0.6) is 5.75 Å². The Hall–Kier alpha value is -1.06. The van der Waals surface area contributed by atoms with Gasteiger partial charge in [0, 0.05) is 6.61 Å². The van der Waals surface area contributed by atoms with Crippen molar-refractivity contribution in [2.75, 3.05) is 13.7 Å². The summed E-state index contributed by atoms with van der Waals surface area (Å²) in [6.45, 7) is 2.73. The minimum Gasteiger partial charge on any atom is -0.497 e. The minimum atomic E-state index is -0.800. The Balaban J connectivity index is 1.79. The normalized spacial score (nSPS) is 27.5. The first kappa shape index (κ1) is 14.9. The summed E-state index contributed by atoms with van der Waals surface area (Å²) in [5, 5.41) is 11.1. The molecule has 2 unspecified atom stereocenters. The van der Waals surface area contributed by atoms with Crippen molar-refractivity contribution in [3.63, 3.8) is 0 Å². The molecule has 1 saturated heterocycles. The van der Waals surface area contributed by atoms with E-state index in [1.54, 1.807) is 7.11 Å². The standard InChI is InChI=1S/C18H26O3/c1-17(19,14-5-7-16(20-2)8-6-14)15-9-12-21-18(13-15)10-3-4-11-18/h5-8,15,19H,3-4,9-13H2,1-2H3. The third kappa shape index (κ3) is 2.82. The Morgan fingerprint density at radius 1 is 1.24 bits per heavy atom. The van der Waals surface area contributed by atoms with Crippen molar-refractivity contribution < 1.29 is 14.6 Å². The first-order valence-electron chi connectivity index (χ1n) is 8.07. The second-order valence-electron chi connectivity index (χ2n) is 6.80. The van der Waals surface area contributed by atoms with Gasteiger partial charge in [0.2, 0.25) is 0 Å². The van der Waals surface area contributed by atoms with E-state index in [9.17, 15) is 5.11 Å². The van der Waals surface area contributed by atoms with Gasteiger partial charge < -0.3 is 14.6 Å². The molecule has 0 aromatic heterocycles. The molecule has 0 radical (unpaired) electrons. The topological polar surface area (TPSA) is 38.7 Å². The van der Waals surface area contributed by atoms with Crippen molar-refractivity contribution in [3.05, 3.63) is 29.8 Å². The fourth-order valence-electron chi connectivity index (χ4n) is 4.04. The van der Waals surface area contributed by atoms with E-state index in [4.69, 9.17) is 9.47 Å². The summed E-state index contributed by atoms with van der Waals surface area (Å²) in [4.78, 5) is 0. The van der Waals surface area contributed by atoms with Gasteiger partial charge in [-0.05, 0) is 56.2 Å². The Morgan fingerprint density at radius 3 is 2.52 bits per heavy atom. The summed E-state index contributed by atoms with van der Waals surface area (Å²) in [7, 11) is 1.66. The Bertz CT molecular complexity index is 472. The molecule has 1 aromatic rings. The zero-order valence-corrected chi connectivity index (χ0v) is 13.1. The minimum absolute atomic E-state index is 0.0410. The average molecular weight is 290 g/mol. The summed E-state index contributed by atoms with van der Waals surface area (Å²) >= 11 is 0. The average Bonchev–Trinajstić information content (AvgIpc) is 2.95. The number of hydrogen-bond acceptors (Lipinski definition) is 3. The van der Waals surface area contributed by atoms with Crippen molar-refractivity contribution in [1.29, 1.82) is 0 Å². The van der Waals surface area contributed by atoms with Crippen LogP contribution in [-0.2, 0) is 10.3 Å².